The van der Waals surface area contributed by atoms with Gasteiger partial charge in [-0.2, -0.15) is 0 Å². The zero-order valence-corrected chi connectivity index (χ0v) is 11.9. The molecule has 5 heteroatoms. The minimum absolute atomic E-state index is 0.0813. The first-order valence-electron chi connectivity index (χ1n) is 6.98. The van der Waals surface area contributed by atoms with E-state index in [2.05, 4.69) is 10.6 Å². The summed E-state index contributed by atoms with van der Waals surface area (Å²) in [5.74, 6) is 1.14. The Hall–Kier alpha value is -2.95. The van der Waals surface area contributed by atoms with E-state index in [1.807, 2.05) is 48.5 Å². The average molecular weight is 294 g/mol. The molecule has 2 aromatic rings. The molecule has 0 bridgehead atoms. The Morgan fingerprint density at radius 2 is 1.68 bits per heavy atom. The molecule has 0 saturated heterocycles. The predicted molar refractivity (Wildman–Crippen MR) is 82.5 cm³/mol. The maximum atomic E-state index is 12.6. The molecule has 1 atom stereocenters. The number of nitrogens with one attached hydrogen (secondary N) is 2. The van der Waals surface area contributed by atoms with E-state index in [1.54, 1.807) is 7.11 Å². The lowest BCUT2D eigenvalue weighted by Crippen LogP contribution is -2.17. The molecule has 0 saturated carbocycles. The third-order valence-corrected chi connectivity index (χ3v) is 3.80. The first-order valence-corrected chi connectivity index (χ1v) is 6.98. The van der Waals surface area contributed by atoms with Crippen molar-refractivity contribution < 1.29 is 14.3 Å². The van der Waals surface area contributed by atoms with E-state index >= 15 is 0 Å². The van der Waals surface area contributed by atoms with Crippen LogP contribution >= 0.6 is 0 Å². The maximum Gasteiger partial charge on any atom is 0.229 e. The number of carbonyl (C=O) groups excluding carboxylic acids is 1. The predicted octanol–water partition coefficient (Wildman–Crippen LogP) is 3.04. The number of fused-ring (bicyclic) bond motifs is 1. The lowest BCUT2D eigenvalue weighted by molar-refractivity contribution is -0.121. The molecule has 0 aliphatic carbocycles. The number of methoxy groups -OCH3 is 1. The molecule has 2 aliphatic heterocycles. The number of ether oxygens (including phenoxy) is 2. The molecule has 0 fully saturated rings. The zero-order chi connectivity index (χ0) is 15.1. The van der Waals surface area contributed by atoms with Crippen LogP contribution in [0.2, 0.25) is 0 Å². The minimum atomic E-state index is -0.634. The highest BCUT2D eigenvalue weighted by Gasteiger charge is 2.39. The van der Waals surface area contributed by atoms with E-state index in [4.69, 9.17) is 9.47 Å². The van der Waals surface area contributed by atoms with Crippen LogP contribution in [0.25, 0.3) is 0 Å². The third kappa shape index (κ3) is 1.90. The van der Waals surface area contributed by atoms with E-state index in [1.165, 1.54) is 0 Å². The lowest BCUT2D eigenvalue weighted by Gasteiger charge is -2.19. The summed E-state index contributed by atoms with van der Waals surface area (Å²) >= 11 is 0. The average Bonchev–Trinajstić information content (AvgIpc) is 2.89. The number of ketones is 1. The van der Waals surface area contributed by atoms with Crippen LogP contribution in [0.3, 0.4) is 0 Å². The summed E-state index contributed by atoms with van der Waals surface area (Å²) in [4.78, 5) is 12.6. The van der Waals surface area contributed by atoms with Crippen molar-refractivity contribution in [2.45, 2.75) is 6.10 Å². The fraction of sp³-hybridized carbons (Fsp3) is 0.118. The number of hydrogen-bond donors (Lipinski definition) is 2. The summed E-state index contributed by atoms with van der Waals surface area (Å²) < 4.78 is 10.9. The van der Waals surface area contributed by atoms with Crippen molar-refractivity contribution in [3.05, 3.63) is 65.7 Å². The largest absolute Gasteiger partial charge is 0.497 e. The van der Waals surface area contributed by atoms with Gasteiger partial charge < -0.3 is 20.1 Å². The van der Waals surface area contributed by atoms with Crippen LogP contribution < -0.4 is 15.4 Å². The zero-order valence-electron chi connectivity index (χ0n) is 11.9. The Balaban J connectivity index is 1.62. The van der Waals surface area contributed by atoms with E-state index < -0.39 is 6.10 Å². The van der Waals surface area contributed by atoms with Crippen molar-refractivity contribution in [1.29, 1.82) is 0 Å². The topological polar surface area (TPSA) is 59.6 Å². The van der Waals surface area contributed by atoms with Gasteiger partial charge in [0.2, 0.25) is 11.7 Å². The van der Waals surface area contributed by atoms with Gasteiger partial charge in [0.15, 0.2) is 6.10 Å². The highest BCUT2D eigenvalue weighted by Crippen LogP contribution is 2.39. The number of hydrogen-bond acceptors (Lipinski definition) is 5. The smallest absolute Gasteiger partial charge is 0.229 e. The second-order valence-corrected chi connectivity index (χ2v) is 5.14. The first kappa shape index (κ1) is 12.8. The second-order valence-electron chi connectivity index (χ2n) is 5.14. The van der Waals surface area contributed by atoms with Crippen molar-refractivity contribution in [1.82, 2.24) is 0 Å². The summed E-state index contributed by atoms with van der Waals surface area (Å²) in [6, 6.07) is 15.0. The summed E-state index contributed by atoms with van der Waals surface area (Å²) in [6.07, 6.45) is -0.634. The van der Waals surface area contributed by atoms with Gasteiger partial charge in [0.25, 0.3) is 0 Å². The molecule has 2 heterocycles. The maximum absolute atomic E-state index is 12.6. The van der Waals surface area contributed by atoms with Gasteiger partial charge in [0, 0.05) is 5.56 Å². The molecule has 110 valence electrons. The van der Waals surface area contributed by atoms with Crippen LogP contribution in [0.4, 0.5) is 11.4 Å². The molecule has 22 heavy (non-hydrogen) atoms. The number of para-hydroxylation sites is 2. The van der Waals surface area contributed by atoms with Crippen LogP contribution in [-0.4, -0.2) is 12.9 Å². The molecule has 5 nitrogen and oxygen atoms in total. The molecular weight excluding hydrogens is 280 g/mol. The van der Waals surface area contributed by atoms with Crippen molar-refractivity contribution in [2.75, 3.05) is 17.7 Å². The number of anilines is 2. The summed E-state index contributed by atoms with van der Waals surface area (Å²) in [6.45, 7) is 0. The Morgan fingerprint density at radius 3 is 2.36 bits per heavy atom. The SMILES string of the molecule is COc1ccc([C@@H]2OC3=C(Nc4ccccc4N3)C2=O)cc1. The Morgan fingerprint density at radius 1 is 1.00 bits per heavy atom. The Labute approximate surface area is 127 Å². The standard InChI is InChI=1S/C17H14N2O3/c1-21-11-8-6-10(7-9-11)16-15(20)14-17(22-16)19-13-5-3-2-4-12(13)18-14/h2-9,16,18-19H,1H3/t16-/m0/s1. The van der Waals surface area contributed by atoms with Gasteiger partial charge in [-0.05, 0) is 24.3 Å². The number of carbonyl (C=O) groups is 1. The van der Waals surface area contributed by atoms with E-state index in [0.717, 1.165) is 22.7 Å². The Kier molecular flexibility index (Phi) is 2.79. The van der Waals surface area contributed by atoms with Gasteiger partial charge in [-0.3, -0.25) is 4.79 Å². The van der Waals surface area contributed by atoms with E-state index in [0.29, 0.717) is 11.6 Å². The van der Waals surface area contributed by atoms with Gasteiger partial charge in [0.05, 0.1) is 18.5 Å². The Bertz CT molecular complexity index is 781. The van der Waals surface area contributed by atoms with Crippen LogP contribution in [0.5, 0.6) is 5.75 Å². The van der Waals surface area contributed by atoms with Crippen LogP contribution in [0, 0.1) is 0 Å². The van der Waals surface area contributed by atoms with Gasteiger partial charge in [-0.15, -0.1) is 0 Å². The highest BCUT2D eigenvalue weighted by molar-refractivity contribution is 6.06. The molecular formula is C17H14N2O3. The van der Waals surface area contributed by atoms with Crippen molar-refractivity contribution >= 4 is 17.2 Å². The fourth-order valence-electron chi connectivity index (χ4n) is 2.64. The molecule has 4 rings (SSSR count). The molecule has 2 N–H and O–H groups in total. The molecule has 0 amide bonds. The van der Waals surface area contributed by atoms with E-state index in [-0.39, 0.29) is 5.78 Å². The molecule has 0 unspecified atom stereocenters. The van der Waals surface area contributed by atoms with Crippen molar-refractivity contribution in [3.63, 3.8) is 0 Å². The van der Waals surface area contributed by atoms with Crippen LogP contribution in [0.15, 0.2) is 60.1 Å². The molecule has 2 aromatic carbocycles. The van der Waals surface area contributed by atoms with Gasteiger partial charge in [0.1, 0.15) is 11.4 Å². The quantitative estimate of drug-likeness (QED) is 0.891. The van der Waals surface area contributed by atoms with Gasteiger partial charge >= 0.3 is 0 Å². The molecule has 0 aromatic heterocycles. The minimum Gasteiger partial charge on any atom is -0.497 e. The summed E-state index contributed by atoms with van der Waals surface area (Å²) in [5, 5.41) is 6.31. The molecule has 2 aliphatic rings. The van der Waals surface area contributed by atoms with Crippen LogP contribution in [-0.2, 0) is 9.53 Å². The first-order chi connectivity index (χ1) is 10.8. The van der Waals surface area contributed by atoms with Gasteiger partial charge in [-0.1, -0.05) is 24.3 Å². The number of benzene rings is 2. The normalized spacial score (nSPS) is 18.8. The highest BCUT2D eigenvalue weighted by atomic mass is 16.5. The summed E-state index contributed by atoms with van der Waals surface area (Å²) in [7, 11) is 1.61. The van der Waals surface area contributed by atoms with Gasteiger partial charge in [-0.25, -0.2) is 0 Å². The number of Topliss-reactive ketones (excluding diaryl/α,β-unsaturated/α-hetero) is 1. The lowest BCUT2D eigenvalue weighted by atomic mass is 10.0. The monoisotopic (exact) mass is 294 g/mol. The fourth-order valence-corrected chi connectivity index (χ4v) is 2.64. The second kappa shape index (κ2) is 4.80. The van der Waals surface area contributed by atoms with Crippen molar-refractivity contribution in [2.24, 2.45) is 0 Å². The number of rotatable bonds is 2. The third-order valence-electron chi connectivity index (χ3n) is 3.80. The summed E-state index contributed by atoms with van der Waals surface area (Å²) in [5.41, 5.74) is 3.03. The molecule has 0 radical (unpaired) electrons. The van der Waals surface area contributed by atoms with E-state index in [9.17, 15) is 4.79 Å². The molecule has 0 spiro atoms. The van der Waals surface area contributed by atoms with Crippen LogP contribution in [0.1, 0.15) is 11.7 Å². The van der Waals surface area contributed by atoms with Crippen molar-refractivity contribution in [3.8, 4) is 5.75 Å².